The molecule has 0 aliphatic rings. The first-order valence-electron chi connectivity index (χ1n) is 3.63. The third kappa shape index (κ3) is 1.67. The highest BCUT2D eigenvalue weighted by Gasteiger charge is 2.19. The predicted molar refractivity (Wildman–Crippen MR) is 43.3 cm³/mol. The first kappa shape index (κ1) is 8.84. The van der Waals surface area contributed by atoms with Gasteiger partial charge in [0, 0.05) is 11.6 Å². The van der Waals surface area contributed by atoms with Gasteiger partial charge in [-0.3, -0.25) is 4.98 Å². The Morgan fingerprint density at radius 1 is 1.50 bits per heavy atom. The molecule has 0 radical (unpaired) electrons. The van der Waals surface area contributed by atoms with Crippen molar-refractivity contribution in [1.29, 1.82) is 0 Å². The lowest BCUT2D eigenvalue weighted by Gasteiger charge is -2.15. The van der Waals surface area contributed by atoms with Crippen molar-refractivity contribution in [1.82, 2.24) is 4.98 Å². The summed E-state index contributed by atoms with van der Waals surface area (Å²) in [5, 5.41) is 0. The van der Waals surface area contributed by atoms with E-state index < -0.39 is 11.2 Å². The quantitative estimate of drug-likeness (QED) is 0.627. The van der Waals surface area contributed by atoms with E-state index in [9.17, 15) is 9.18 Å². The van der Waals surface area contributed by atoms with Crippen molar-refractivity contribution in [2.45, 2.75) is 19.3 Å². The number of nitrogens with zero attached hydrogens (tertiary/aromatic N) is 1. The minimum atomic E-state index is -0.658. The zero-order chi connectivity index (χ0) is 9.19. The molecule has 64 valence electrons. The molecule has 2 nitrogen and oxygen atoms in total. The molecule has 0 N–H and O–H groups in total. The van der Waals surface area contributed by atoms with Crippen LogP contribution in [0, 0.1) is 5.82 Å². The summed E-state index contributed by atoms with van der Waals surface area (Å²) < 4.78 is 12.7. The Kier molecular flexibility index (Phi) is 2.22. The Morgan fingerprint density at radius 3 is 2.67 bits per heavy atom. The van der Waals surface area contributed by atoms with Gasteiger partial charge in [0.2, 0.25) is 0 Å². The molecule has 0 saturated heterocycles. The fourth-order valence-corrected chi connectivity index (χ4v) is 0.832. The lowest BCUT2D eigenvalue weighted by atomic mass is 9.88. The van der Waals surface area contributed by atoms with Crippen molar-refractivity contribution in [2.75, 3.05) is 0 Å². The van der Waals surface area contributed by atoms with Gasteiger partial charge in [-0.25, -0.2) is 4.39 Å². The molecule has 0 aliphatic carbocycles. The van der Waals surface area contributed by atoms with Crippen LogP contribution in [0.4, 0.5) is 4.39 Å². The van der Waals surface area contributed by atoms with Crippen LogP contribution in [-0.4, -0.2) is 11.3 Å². The minimum absolute atomic E-state index is 0.414. The zero-order valence-electron chi connectivity index (χ0n) is 7.04. The topological polar surface area (TPSA) is 30.0 Å². The van der Waals surface area contributed by atoms with Gasteiger partial charge in [0.25, 0.3) is 0 Å². The molecule has 1 heterocycles. The van der Waals surface area contributed by atoms with Crippen molar-refractivity contribution >= 4 is 6.29 Å². The van der Waals surface area contributed by atoms with Crippen molar-refractivity contribution in [3.63, 3.8) is 0 Å². The molecule has 0 bridgehead atoms. The van der Waals surface area contributed by atoms with Crippen LogP contribution in [0.5, 0.6) is 0 Å². The Morgan fingerprint density at radius 2 is 2.17 bits per heavy atom. The summed E-state index contributed by atoms with van der Waals surface area (Å²) in [5.41, 5.74) is -0.0627. The molecule has 3 heteroatoms. The molecule has 0 aromatic carbocycles. The maximum Gasteiger partial charge on any atom is 0.141 e. The zero-order valence-corrected chi connectivity index (χ0v) is 7.04. The molecule has 0 saturated carbocycles. The molecule has 1 rings (SSSR count). The highest BCUT2D eigenvalue weighted by molar-refractivity contribution is 5.66. The van der Waals surface area contributed by atoms with Crippen LogP contribution in [0.1, 0.15) is 19.4 Å². The summed E-state index contributed by atoms with van der Waals surface area (Å²) >= 11 is 0. The van der Waals surface area contributed by atoms with Crippen LogP contribution in [0.25, 0.3) is 0 Å². The Labute approximate surface area is 70.4 Å². The largest absolute Gasteiger partial charge is 0.302 e. The van der Waals surface area contributed by atoms with Gasteiger partial charge in [0.15, 0.2) is 0 Å². The van der Waals surface area contributed by atoms with Crippen LogP contribution in [0.3, 0.4) is 0 Å². The second-order valence-corrected chi connectivity index (χ2v) is 3.23. The smallest absolute Gasteiger partial charge is 0.141 e. The molecule has 0 spiro atoms. The van der Waals surface area contributed by atoms with Gasteiger partial charge < -0.3 is 4.79 Å². The second-order valence-electron chi connectivity index (χ2n) is 3.23. The first-order chi connectivity index (χ1) is 5.56. The Hall–Kier alpha value is -1.25. The van der Waals surface area contributed by atoms with Crippen LogP contribution < -0.4 is 0 Å². The highest BCUT2D eigenvalue weighted by atomic mass is 19.1. The van der Waals surface area contributed by atoms with Gasteiger partial charge in [0.05, 0.1) is 6.20 Å². The molecule has 0 unspecified atom stereocenters. The number of carbonyl (C=O) groups excluding carboxylic acids is 1. The molecular weight excluding hydrogens is 157 g/mol. The van der Waals surface area contributed by atoms with E-state index in [4.69, 9.17) is 0 Å². The van der Waals surface area contributed by atoms with E-state index in [2.05, 4.69) is 4.98 Å². The Bertz CT molecular complexity index is 296. The third-order valence-electron chi connectivity index (χ3n) is 1.74. The molecule has 0 fully saturated rings. The number of hydrogen-bond donors (Lipinski definition) is 0. The van der Waals surface area contributed by atoms with Gasteiger partial charge in [-0.15, -0.1) is 0 Å². The van der Waals surface area contributed by atoms with Gasteiger partial charge in [-0.2, -0.15) is 0 Å². The van der Waals surface area contributed by atoms with Crippen molar-refractivity contribution in [2.24, 2.45) is 0 Å². The average molecular weight is 167 g/mol. The van der Waals surface area contributed by atoms with Crippen molar-refractivity contribution in [3.8, 4) is 0 Å². The maximum atomic E-state index is 12.7. The second kappa shape index (κ2) is 3.01. The number of carbonyl (C=O) groups is 1. The molecule has 0 aliphatic heterocycles. The standard InChI is InChI=1S/C9H10FNO/c1-9(2,6-12)7-3-8(10)5-11-4-7/h3-6H,1-2H3. The number of aldehydes is 1. The average Bonchev–Trinajstić information content (AvgIpc) is 2.05. The monoisotopic (exact) mass is 167 g/mol. The summed E-state index contributed by atoms with van der Waals surface area (Å²) in [6.07, 6.45) is 3.39. The minimum Gasteiger partial charge on any atom is -0.302 e. The van der Waals surface area contributed by atoms with Crippen LogP contribution in [0.2, 0.25) is 0 Å². The first-order valence-corrected chi connectivity index (χ1v) is 3.63. The highest BCUT2D eigenvalue weighted by Crippen LogP contribution is 2.19. The van der Waals surface area contributed by atoms with Gasteiger partial charge in [-0.1, -0.05) is 0 Å². The normalized spacial score (nSPS) is 11.2. The summed E-state index contributed by atoms with van der Waals surface area (Å²) in [5.74, 6) is -0.414. The van der Waals surface area contributed by atoms with E-state index in [1.165, 1.54) is 12.3 Å². The van der Waals surface area contributed by atoms with E-state index in [1.807, 2.05) is 0 Å². The molecule has 1 aromatic rings. The summed E-state index contributed by atoms with van der Waals surface area (Å²) in [6.45, 7) is 3.44. The number of pyridine rings is 1. The molecular formula is C9H10FNO. The van der Waals surface area contributed by atoms with Gasteiger partial charge >= 0.3 is 0 Å². The van der Waals surface area contributed by atoms with Crippen LogP contribution in [-0.2, 0) is 10.2 Å². The summed E-state index contributed by atoms with van der Waals surface area (Å²) in [7, 11) is 0. The van der Waals surface area contributed by atoms with Gasteiger partial charge in [-0.05, 0) is 25.5 Å². The van der Waals surface area contributed by atoms with Crippen molar-refractivity contribution in [3.05, 3.63) is 29.8 Å². The lowest BCUT2D eigenvalue weighted by molar-refractivity contribution is -0.111. The Balaban J connectivity index is 3.11. The number of rotatable bonds is 2. The van der Waals surface area contributed by atoms with Crippen LogP contribution in [0.15, 0.2) is 18.5 Å². The maximum absolute atomic E-state index is 12.7. The molecule has 1 aromatic heterocycles. The number of halogens is 1. The van der Waals surface area contributed by atoms with Crippen LogP contribution >= 0.6 is 0 Å². The van der Waals surface area contributed by atoms with Crippen molar-refractivity contribution < 1.29 is 9.18 Å². The molecule has 0 atom stereocenters. The van der Waals surface area contributed by atoms with E-state index in [-0.39, 0.29) is 0 Å². The lowest BCUT2D eigenvalue weighted by Crippen LogP contribution is -2.18. The fraction of sp³-hybridized carbons (Fsp3) is 0.333. The fourth-order valence-electron chi connectivity index (χ4n) is 0.832. The number of aromatic nitrogens is 1. The van der Waals surface area contributed by atoms with E-state index in [0.29, 0.717) is 5.56 Å². The predicted octanol–water partition coefficient (Wildman–Crippen LogP) is 1.70. The molecule has 12 heavy (non-hydrogen) atoms. The van der Waals surface area contributed by atoms with E-state index in [1.54, 1.807) is 13.8 Å². The summed E-state index contributed by atoms with van der Waals surface area (Å²) in [4.78, 5) is 14.3. The SMILES string of the molecule is CC(C)(C=O)c1cncc(F)c1. The number of hydrogen-bond acceptors (Lipinski definition) is 2. The van der Waals surface area contributed by atoms with E-state index >= 15 is 0 Å². The third-order valence-corrected chi connectivity index (χ3v) is 1.74. The van der Waals surface area contributed by atoms with Gasteiger partial charge in [0.1, 0.15) is 12.1 Å². The summed E-state index contributed by atoms with van der Waals surface area (Å²) in [6, 6.07) is 1.32. The molecule has 0 amide bonds. The van der Waals surface area contributed by atoms with E-state index in [0.717, 1.165) is 12.5 Å².